The second kappa shape index (κ2) is 6.39. The summed E-state index contributed by atoms with van der Waals surface area (Å²) in [5.41, 5.74) is 5.79. The van der Waals surface area contributed by atoms with Gasteiger partial charge in [-0.15, -0.1) is 0 Å². The second-order valence-corrected chi connectivity index (χ2v) is 6.27. The van der Waals surface area contributed by atoms with E-state index in [4.69, 9.17) is 5.73 Å². The van der Waals surface area contributed by atoms with Gasteiger partial charge in [0.1, 0.15) is 0 Å². The lowest BCUT2D eigenvalue weighted by Crippen LogP contribution is -2.38. The molecule has 100 valence electrons. The highest BCUT2D eigenvalue weighted by Crippen LogP contribution is 2.27. The van der Waals surface area contributed by atoms with Crippen LogP contribution in [0.3, 0.4) is 0 Å². The molecule has 1 amide bonds. The highest BCUT2D eigenvalue weighted by Gasteiger charge is 2.23. The van der Waals surface area contributed by atoms with Crippen LogP contribution in [0.15, 0.2) is 0 Å². The number of nitrogens with zero attached hydrogens (tertiary/aromatic N) is 1. The number of carbonyl (C=O) groups excluding carboxylic acids is 1. The Balaban J connectivity index is 2.29. The standard InChI is InChI=1S/C14H28N2O/c1-12-5-10-16(11-6-12)13(17)4-7-14(2,3)8-9-15/h12H,4-11,15H2,1-3H3. The normalized spacial score (nSPS) is 18.5. The van der Waals surface area contributed by atoms with E-state index in [1.807, 2.05) is 4.90 Å². The summed E-state index contributed by atoms with van der Waals surface area (Å²) in [7, 11) is 0. The van der Waals surface area contributed by atoms with Gasteiger partial charge in [-0.05, 0) is 43.6 Å². The van der Waals surface area contributed by atoms with E-state index in [1.165, 1.54) is 0 Å². The third kappa shape index (κ3) is 5.07. The molecule has 0 aromatic carbocycles. The summed E-state index contributed by atoms with van der Waals surface area (Å²) >= 11 is 0. The van der Waals surface area contributed by atoms with Crippen molar-refractivity contribution in [1.29, 1.82) is 0 Å². The van der Waals surface area contributed by atoms with Gasteiger partial charge in [0.25, 0.3) is 0 Å². The van der Waals surface area contributed by atoms with Crippen molar-refractivity contribution in [2.24, 2.45) is 17.1 Å². The Morgan fingerprint density at radius 2 is 1.88 bits per heavy atom. The molecule has 1 heterocycles. The maximum Gasteiger partial charge on any atom is 0.222 e. The first-order chi connectivity index (χ1) is 7.94. The van der Waals surface area contributed by atoms with Crippen molar-refractivity contribution in [3.05, 3.63) is 0 Å². The molecule has 1 rings (SSSR count). The lowest BCUT2D eigenvalue weighted by atomic mass is 9.84. The van der Waals surface area contributed by atoms with Crippen LogP contribution in [-0.4, -0.2) is 30.4 Å². The van der Waals surface area contributed by atoms with Crippen LogP contribution in [0.5, 0.6) is 0 Å². The minimum Gasteiger partial charge on any atom is -0.343 e. The van der Waals surface area contributed by atoms with Crippen LogP contribution < -0.4 is 5.73 Å². The second-order valence-electron chi connectivity index (χ2n) is 6.27. The summed E-state index contributed by atoms with van der Waals surface area (Å²) in [6.45, 7) is 9.29. The minimum absolute atomic E-state index is 0.202. The van der Waals surface area contributed by atoms with Crippen LogP contribution >= 0.6 is 0 Å². The lowest BCUT2D eigenvalue weighted by Gasteiger charge is -2.31. The first-order valence-corrected chi connectivity index (χ1v) is 6.92. The average Bonchev–Trinajstić information content (AvgIpc) is 2.27. The van der Waals surface area contributed by atoms with Crippen molar-refractivity contribution < 1.29 is 4.79 Å². The van der Waals surface area contributed by atoms with Gasteiger partial charge in [0.15, 0.2) is 0 Å². The molecule has 1 fully saturated rings. The molecule has 3 nitrogen and oxygen atoms in total. The van der Waals surface area contributed by atoms with Crippen LogP contribution in [0, 0.1) is 11.3 Å². The van der Waals surface area contributed by atoms with Gasteiger partial charge in [-0.1, -0.05) is 20.8 Å². The Morgan fingerprint density at radius 3 is 2.41 bits per heavy atom. The van der Waals surface area contributed by atoms with Crippen molar-refractivity contribution in [2.45, 2.75) is 52.9 Å². The first kappa shape index (κ1) is 14.5. The Bertz CT molecular complexity index is 243. The molecule has 0 saturated carbocycles. The fourth-order valence-corrected chi connectivity index (χ4v) is 2.38. The predicted molar refractivity (Wildman–Crippen MR) is 71.7 cm³/mol. The molecule has 0 unspecified atom stereocenters. The lowest BCUT2D eigenvalue weighted by molar-refractivity contribution is -0.133. The van der Waals surface area contributed by atoms with Crippen molar-refractivity contribution in [2.75, 3.05) is 19.6 Å². The SMILES string of the molecule is CC1CCN(C(=O)CCC(C)(C)CCN)CC1. The highest BCUT2D eigenvalue weighted by atomic mass is 16.2. The molecule has 0 radical (unpaired) electrons. The number of nitrogens with two attached hydrogens (primary N) is 1. The van der Waals surface area contributed by atoms with Gasteiger partial charge >= 0.3 is 0 Å². The van der Waals surface area contributed by atoms with Gasteiger partial charge in [0, 0.05) is 19.5 Å². The monoisotopic (exact) mass is 240 g/mol. The third-order valence-corrected chi connectivity index (χ3v) is 3.97. The predicted octanol–water partition coefficient (Wildman–Crippen LogP) is 2.40. The molecular weight excluding hydrogens is 212 g/mol. The van der Waals surface area contributed by atoms with Crippen molar-refractivity contribution >= 4 is 5.91 Å². The molecule has 3 heteroatoms. The van der Waals surface area contributed by atoms with E-state index in [1.54, 1.807) is 0 Å². The zero-order chi connectivity index (χ0) is 12.9. The molecule has 1 saturated heterocycles. The van der Waals surface area contributed by atoms with E-state index in [2.05, 4.69) is 20.8 Å². The molecule has 2 N–H and O–H groups in total. The Kier molecular flexibility index (Phi) is 5.44. The van der Waals surface area contributed by atoms with Crippen molar-refractivity contribution in [1.82, 2.24) is 4.90 Å². The van der Waals surface area contributed by atoms with E-state index in [0.29, 0.717) is 18.9 Å². The van der Waals surface area contributed by atoms with E-state index in [9.17, 15) is 4.79 Å². The molecule has 0 atom stereocenters. The third-order valence-electron chi connectivity index (χ3n) is 3.97. The van der Waals surface area contributed by atoms with Gasteiger partial charge < -0.3 is 10.6 Å². The summed E-state index contributed by atoms with van der Waals surface area (Å²) in [5.74, 6) is 1.12. The zero-order valence-corrected chi connectivity index (χ0v) is 11.7. The number of hydrogen-bond donors (Lipinski definition) is 1. The smallest absolute Gasteiger partial charge is 0.222 e. The molecular formula is C14H28N2O. The van der Waals surface area contributed by atoms with E-state index in [0.717, 1.165) is 44.7 Å². The molecule has 1 aliphatic heterocycles. The fourth-order valence-electron chi connectivity index (χ4n) is 2.38. The van der Waals surface area contributed by atoms with Crippen LogP contribution in [-0.2, 0) is 4.79 Å². The quantitative estimate of drug-likeness (QED) is 0.802. The Hall–Kier alpha value is -0.570. The Labute approximate surface area is 106 Å². The van der Waals surface area contributed by atoms with Crippen LogP contribution in [0.1, 0.15) is 52.9 Å². The zero-order valence-electron chi connectivity index (χ0n) is 11.7. The van der Waals surface area contributed by atoms with Gasteiger partial charge in [-0.2, -0.15) is 0 Å². The summed E-state index contributed by atoms with van der Waals surface area (Å²) in [6, 6.07) is 0. The number of carbonyl (C=O) groups is 1. The van der Waals surface area contributed by atoms with Crippen molar-refractivity contribution in [3.8, 4) is 0 Å². The molecule has 0 aromatic rings. The molecule has 0 aromatic heterocycles. The van der Waals surface area contributed by atoms with Gasteiger partial charge in [0.2, 0.25) is 5.91 Å². The van der Waals surface area contributed by atoms with Crippen LogP contribution in [0.4, 0.5) is 0 Å². The van der Waals surface area contributed by atoms with E-state index in [-0.39, 0.29) is 5.41 Å². The van der Waals surface area contributed by atoms with Crippen molar-refractivity contribution in [3.63, 3.8) is 0 Å². The summed E-state index contributed by atoms with van der Waals surface area (Å²) < 4.78 is 0. The fraction of sp³-hybridized carbons (Fsp3) is 0.929. The Morgan fingerprint density at radius 1 is 1.29 bits per heavy atom. The van der Waals surface area contributed by atoms with Gasteiger partial charge in [-0.3, -0.25) is 4.79 Å². The number of piperidine rings is 1. The molecule has 17 heavy (non-hydrogen) atoms. The average molecular weight is 240 g/mol. The summed E-state index contributed by atoms with van der Waals surface area (Å²) in [5, 5.41) is 0. The van der Waals surface area contributed by atoms with Gasteiger partial charge in [-0.25, -0.2) is 0 Å². The maximum atomic E-state index is 12.1. The summed E-state index contributed by atoms with van der Waals surface area (Å²) in [6.07, 6.45) is 4.96. The van der Waals surface area contributed by atoms with Crippen LogP contribution in [0.25, 0.3) is 0 Å². The number of likely N-dealkylation sites (tertiary alicyclic amines) is 1. The topological polar surface area (TPSA) is 46.3 Å². The van der Waals surface area contributed by atoms with E-state index < -0.39 is 0 Å². The largest absolute Gasteiger partial charge is 0.343 e. The molecule has 0 spiro atoms. The first-order valence-electron chi connectivity index (χ1n) is 6.92. The number of amides is 1. The maximum absolute atomic E-state index is 12.1. The minimum atomic E-state index is 0.202. The van der Waals surface area contributed by atoms with E-state index >= 15 is 0 Å². The van der Waals surface area contributed by atoms with Crippen LogP contribution in [0.2, 0.25) is 0 Å². The molecule has 0 aliphatic carbocycles. The molecule has 1 aliphatic rings. The number of rotatable bonds is 5. The molecule has 0 bridgehead atoms. The van der Waals surface area contributed by atoms with Gasteiger partial charge in [0.05, 0.1) is 0 Å². The highest BCUT2D eigenvalue weighted by molar-refractivity contribution is 5.76. The summed E-state index contributed by atoms with van der Waals surface area (Å²) in [4.78, 5) is 14.1. The number of hydrogen-bond acceptors (Lipinski definition) is 2.